The minimum Gasteiger partial charge on any atom is -0.457 e. The van der Waals surface area contributed by atoms with Gasteiger partial charge in [-0.25, -0.2) is 0 Å². The molecule has 0 aliphatic carbocycles. The standard InChI is InChI=1S/C16H30O3/c1-4-5-6-7-8-9-11-15-16(3,19-14(2)17)12-10-13-18-15/h15H,4-13H2,1-3H3. The molecule has 0 bridgehead atoms. The first-order valence-electron chi connectivity index (χ1n) is 7.89. The van der Waals surface area contributed by atoms with E-state index in [0.717, 1.165) is 25.9 Å². The van der Waals surface area contributed by atoms with Crippen molar-refractivity contribution in [3.8, 4) is 0 Å². The average Bonchev–Trinajstić information content (AvgIpc) is 2.34. The van der Waals surface area contributed by atoms with Crippen molar-refractivity contribution in [3.63, 3.8) is 0 Å². The second-order valence-corrected chi connectivity index (χ2v) is 5.93. The van der Waals surface area contributed by atoms with E-state index in [4.69, 9.17) is 9.47 Å². The van der Waals surface area contributed by atoms with Crippen molar-refractivity contribution < 1.29 is 14.3 Å². The van der Waals surface area contributed by atoms with Crippen LogP contribution in [0, 0.1) is 0 Å². The molecule has 112 valence electrons. The van der Waals surface area contributed by atoms with Gasteiger partial charge in [-0.1, -0.05) is 45.4 Å². The van der Waals surface area contributed by atoms with E-state index < -0.39 is 5.60 Å². The van der Waals surface area contributed by atoms with E-state index in [0.29, 0.717) is 0 Å². The lowest BCUT2D eigenvalue weighted by atomic mass is 9.87. The first kappa shape index (κ1) is 16.5. The second kappa shape index (κ2) is 8.57. The number of hydrogen-bond donors (Lipinski definition) is 0. The first-order valence-corrected chi connectivity index (χ1v) is 7.89. The smallest absolute Gasteiger partial charge is 0.303 e. The van der Waals surface area contributed by atoms with Gasteiger partial charge in [0.2, 0.25) is 0 Å². The van der Waals surface area contributed by atoms with E-state index in [2.05, 4.69) is 6.92 Å². The van der Waals surface area contributed by atoms with Crippen LogP contribution in [-0.4, -0.2) is 24.3 Å². The topological polar surface area (TPSA) is 35.5 Å². The van der Waals surface area contributed by atoms with E-state index >= 15 is 0 Å². The van der Waals surface area contributed by atoms with Gasteiger partial charge in [-0.15, -0.1) is 0 Å². The summed E-state index contributed by atoms with van der Waals surface area (Å²) in [6, 6.07) is 0. The summed E-state index contributed by atoms with van der Waals surface area (Å²) in [6.45, 7) is 6.55. The van der Waals surface area contributed by atoms with Crippen LogP contribution in [0.25, 0.3) is 0 Å². The van der Waals surface area contributed by atoms with Gasteiger partial charge in [-0.05, 0) is 26.2 Å². The molecule has 0 aromatic rings. The van der Waals surface area contributed by atoms with Crippen molar-refractivity contribution in [3.05, 3.63) is 0 Å². The maximum absolute atomic E-state index is 11.2. The van der Waals surface area contributed by atoms with E-state index in [9.17, 15) is 4.79 Å². The van der Waals surface area contributed by atoms with Crippen molar-refractivity contribution in [2.45, 2.75) is 90.3 Å². The van der Waals surface area contributed by atoms with Gasteiger partial charge < -0.3 is 9.47 Å². The van der Waals surface area contributed by atoms with E-state index in [1.807, 2.05) is 6.92 Å². The van der Waals surface area contributed by atoms with Crippen LogP contribution in [0.5, 0.6) is 0 Å². The quantitative estimate of drug-likeness (QED) is 0.489. The fourth-order valence-electron chi connectivity index (χ4n) is 2.93. The maximum Gasteiger partial charge on any atom is 0.303 e. The fourth-order valence-corrected chi connectivity index (χ4v) is 2.93. The molecule has 3 heteroatoms. The van der Waals surface area contributed by atoms with E-state index in [-0.39, 0.29) is 12.1 Å². The van der Waals surface area contributed by atoms with Gasteiger partial charge in [-0.3, -0.25) is 4.79 Å². The molecule has 1 fully saturated rings. The Hall–Kier alpha value is -0.570. The Labute approximate surface area is 118 Å². The normalized spacial score (nSPS) is 27.2. The fraction of sp³-hybridized carbons (Fsp3) is 0.938. The molecule has 0 N–H and O–H groups in total. The molecule has 0 spiro atoms. The summed E-state index contributed by atoms with van der Waals surface area (Å²) in [7, 11) is 0. The van der Waals surface area contributed by atoms with Gasteiger partial charge in [0, 0.05) is 13.5 Å². The predicted molar refractivity (Wildman–Crippen MR) is 77.1 cm³/mol. The van der Waals surface area contributed by atoms with Crippen molar-refractivity contribution in [2.24, 2.45) is 0 Å². The van der Waals surface area contributed by atoms with Crippen LogP contribution in [-0.2, 0) is 14.3 Å². The molecule has 0 amide bonds. The summed E-state index contributed by atoms with van der Waals surface area (Å²) in [6.07, 6.45) is 10.7. The molecular formula is C16H30O3. The zero-order valence-corrected chi connectivity index (χ0v) is 12.9. The molecule has 19 heavy (non-hydrogen) atoms. The number of unbranched alkanes of at least 4 members (excludes halogenated alkanes) is 5. The van der Waals surface area contributed by atoms with Crippen LogP contribution in [0.4, 0.5) is 0 Å². The summed E-state index contributed by atoms with van der Waals surface area (Å²) in [5.74, 6) is -0.194. The number of carbonyl (C=O) groups excluding carboxylic acids is 1. The Balaban J connectivity index is 2.30. The molecule has 1 aliphatic rings. The number of ether oxygens (including phenoxy) is 2. The van der Waals surface area contributed by atoms with Crippen molar-refractivity contribution >= 4 is 5.97 Å². The SMILES string of the molecule is CCCCCCCCC1OCCCC1(C)OC(C)=O. The van der Waals surface area contributed by atoms with Crippen molar-refractivity contribution in [1.82, 2.24) is 0 Å². The highest BCUT2D eigenvalue weighted by molar-refractivity contribution is 5.66. The molecule has 2 atom stereocenters. The molecule has 0 aromatic heterocycles. The lowest BCUT2D eigenvalue weighted by molar-refractivity contribution is -0.187. The highest BCUT2D eigenvalue weighted by atomic mass is 16.6. The summed E-state index contributed by atoms with van der Waals surface area (Å²) in [5.41, 5.74) is -0.409. The first-order chi connectivity index (χ1) is 9.08. The Morgan fingerprint density at radius 2 is 1.95 bits per heavy atom. The zero-order chi connectivity index (χ0) is 14.1. The van der Waals surface area contributed by atoms with Gasteiger partial charge in [0.25, 0.3) is 0 Å². The van der Waals surface area contributed by atoms with Gasteiger partial charge >= 0.3 is 5.97 Å². The number of hydrogen-bond acceptors (Lipinski definition) is 3. The van der Waals surface area contributed by atoms with Gasteiger partial charge in [0.05, 0.1) is 6.10 Å². The number of rotatable bonds is 8. The summed E-state index contributed by atoms with van der Waals surface area (Å²) >= 11 is 0. The van der Waals surface area contributed by atoms with Crippen LogP contribution in [0.2, 0.25) is 0 Å². The summed E-state index contributed by atoms with van der Waals surface area (Å²) in [4.78, 5) is 11.2. The van der Waals surface area contributed by atoms with Crippen molar-refractivity contribution in [1.29, 1.82) is 0 Å². The highest BCUT2D eigenvalue weighted by Crippen LogP contribution is 2.32. The Bertz CT molecular complexity index is 265. The molecule has 1 aliphatic heterocycles. The second-order valence-electron chi connectivity index (χ2n) is 5.93. The summed E-state index contributed by atoms with van der Waals surface area (Å²) < 4.78 is 11.4. The van der Waals surface area contributed by atoms with Crippen molar-refractivity contribution in [2.75, 3.05) is 6.61 Å². The Morgan fingerprint density at radius 1 is 1.26 bits per heavy atom. The lowest BCUT2D eigenvalue weighted by Crippen LogP contribution is -2.48. The van der Waals surface area contributed by atoms with Crippen LogP contribution in [0.3, 0.4) is 0 Å². The molecule has 0 saturated carbocycles. The number of esters is 1. The molecule has 1 heterocycles. The van der Waals surface area contributed by atoms with Crippen LogP contribution in [0.15, 0.2) is 0 Å². The number of carbonyl (C=O) groups is 1. The minimum absolute atomic E-state index is 0.0799. The molecule has 1 saturated heterocycles. The monoisotopic (exact) mass is 270 g/mol. The molecule has 3 nitrogen and oxygen atoms in total. The van der Waals surface area contributed by atoms with E-state index in [1.165, 1.54) is 45.4 Å². The molecule has 2 unspecified atom stereocenters. The van der Waals surface area contributed by atoms with Crippen LogP contribution >= 0.6 is 0 Å². The summed E-state index contributed by atoms with van der Waals surface area (Å²) in [5, 5.41) is 0. The van der Waals surface area contributed by atoms with Crippen LogP contribution < -0.4 is 0 Å². The third-order valence-corrected chi connectivity index (χ3v) is 4.01. The van der Waals surface area contributed by atoms with Gasteiger partial charge in [-0.2, -0.15) is 0 Å². The van der Waals surface area contributed by atoms with Crippen LogP contribution in [0.1, 0.15) is 78.6 Å². The van der Waals surface area contributed by atoms with Gasteiger partial charge in [0.1, 0.15) is 5.60 Å². The van der Waals surface area contributed by atoms with E-state index in [1.54, 1.807) is 0 Å². The third kappa shape index (κ3) is 5.94. The Kier molecular flexibility index (Phi) is 7.44. The maximum atomic E-state index is 11.2. The van der Waals surface area contributed by atoms with Gasteiger partial charge in [0.15, 0.2) is 0 Å². The predicted octanol–water partition coefficient (Wildman–Crippen LogP) is 4.24. The molecule has 1 rings (SSSR count). The third-order valence-electron chi connectivity index (χ3n) is 4.01. The molecule has 0 radical (unpaired) electrons. The zero-order valence-electron chi connectivity index (χ0n) is 12.9. The largest absolute Gasteiger partial charge is 0.457 e. The highest BCUT2D eigenvalue weighted by Gasteiger charge is 2.40. The Morgan fingerprint density at radius 3 is 2.63 bits per heavy atom. The molecule has 0 aromatic carbocycles. The average molecular weight is 270 g/mol. The minimum atomic E-state index is -0.409. The lowest BCUT2D eigenvalue weighted by Gasteiger charge is -2.40. The molecular weight excluding hydrogens is 240 g/mol.